The Balaban J connectivity index is 1.36. The zero-order valence-electron chi connectivity index (χ0n) is 25.2. The highest BCUT2D eigenvalue weighted by atomic mass is 16.7. The number of ether oxygens (including phenoxy) is 5. The molecule has 2 aromatic rings. The number of carbonyl (C=O) groups is 4. The van der Waals surface area contributed by atoms with Crippen molar-refractivity contribution in [2.45, 2.75) is 68.0 Å². The molecule has 2 aromatic carbocycles. The quantitative estimate of drug-likeness (QED) is 0.107. The molecule has 5 rings (SSSR count). The van der Waals surface area contributed by atoms with Crippen LogP contribution < -0.4 is 4.74 Å². The van der Waals surface area contributed by atoms with Crippen molar-refractivity contribution < 1.29 is 73.5 Å². The molecule has 9 unspecified atom stereocenters. The molecule has 0 spiro atoms. The lowest BCUT2D eigenvalue weighted by Crippen LogP contribution is -2.62. The van der Waals surface area contributed by atoms with Gasteiger partial charge in [0.2, 0.25) is 11.9 Å². The third-order valence-corrected chi connectivity index (χ3v) is 8.15. The highest BCUT2D eigenvalue weighted by molar-refractivity contribution is 6.01. The van der Waals surface area contributed by atoms with E-state index in [-0.39, 0.29) is 22.6 Å². The maximum absolute atomic E-state index is 12.9. The average Bonchev–Trinajstić information content (AvgIpc) is 3.64. The summed E-state index contributed by atoms with van der Waals surface area (Å²) in [6.07, 6.45) is -6.36. The summed E-state index contributed by atoms with van der Waals surface area (Å²) in [6, 6.07) is 11.5. The van der Waals surface area contributed by atoms with Gasteiger partial charge in [0.1, 0.15) is 49.1 Å². The molecule has 256 valence electrons. The summed E-state index contributed by atoms with van der Waals surface area (Å²) in [7, 11) is 0. The lowest BCUT2D eigenvalue weighted by molar-refractivity contribution is -0.283. The molecule has 1 aliphatic heterocycles. The van der Waals surface area contributed by atoms with E-state index in [9.17, 15) is 49.8 Å². The Morgan fingerprint density at radius 3 is 2.42 bits per heavy atom. The number of aliphatic hydroxyl groups excluding tert-OH is 4. The highest BCUT2D eigenvalue weighted by Gasteiger charge is 2.55. The van der Waals surface area contributed by atoms with E-state index >= 15 is 0 Å². The number of hydrogen-bond donors (Lipinski definition) is 6. The van der Waals surface area contributed by atoms with Crippen LogP contribution in [0.15, 0.2) is 72.8 Å². The highest BCUT2D eigenvalue weighted by Crippen LogP contribution is 2.33. The van der Waals surface area contributed by atoms with Crippen LogP contribution in [0.3, 0.4) is 0 Å². The van der Waals surface area contributed by atoms with Crippen LogP contribution in [0, 0.1) is 5.92 Å². The summed E-state index contributed by atoms with van der Waals surface area (Å²) in [4.78, 5) is 50.2. The van der Waals surface area contributed by atoms with Crippen molar-refractivity contribution in [2.75, 3.05) is 6.61 Å². The van der Waals surface area contributed by atoms with Gasteiger partial charge in [-0.2, -0.15) is 0 Å². The van der Waals surface area contributed by atoms with Crippen molar-refractivity contribution in [3.05, 3.63) is 84.0 Å². The molecule has 15 nitrogen and oxygen atoms in total. The van der Waals surface area contributed by atoms with Gasteiger partial charge >= 0.3 is 17.9 Å². The zero-order valence-corrected chi connectivity index (χ0v) is 25.2. The van der Waals surface area contributed by atoms with Crippen LogP contribution in [0.5, 0.6) is 11.5 Å². The molecule has 48 heavy (non-hydrogen) atoms. The van der Waals surface area contributed by atoms with Crippen molar-refractivity contribution in [1.82, 2.24) is 0 Å². The molecule has 1 fully saturated rings. The maximum Gasteiger partial charge on any atom is 0.344 e. The minimum absolute atomic E-state index is 0.0753. The Morgan fingerprint density at radius 1 is 0.958 bits per heavy atom. The van der Waals surface area contributed by atoms with E-state index in [1.165, 1.54) is 24.3 Å². The van der Waals surface area contributed by atoms with Crippen molar-refractivity contribution in [2.24, 2.45) is 5.92 Å². The second-order valence-electron chi connectivity index (χ2n) is 11.4. The first-order valence-electron chi connectivity index (χ1n) is 15.0. The van der Waals surface area contributed by atoms with Gasteiger partial charge in [0, 0.05) is 5.56 Å². The van der Waals surface area contributed by atoms with Crippen molar-refractivity contribution in [3.63, 3.8) is 0 Å². The van der Waals surface area contributed by atoms with Crippen LogP contribution in [-0.2, 0) is 39.9 Å². The lowest BCUT2D eigenvalue weighted by Gasteiger charge is -2.41. The van der Waals surface area contributed by atoms with E-state index < -0.39 is 91.3 Å². The molecular weight excluding hydrogens is 636 g/mol. The maximum atomic E-state index is 12.9. The van der Waals surface area contributed by atoms with E-state index in [0.717, 1.165) is 18.2 Å². The number of phenols is 1. The number of benzene rings is 2. The number of allylic oxidation sites excluding steroid dienone is 1. The Kier molecular flexibility index (Phi) is 10.6. The summed E-state index contributed by atoms with van der Waals surface area (Å²) in [5, 5.41) is 63.1. The number of esters is 3. The first kappa shape index (κ1) is 34.7. The number of carbonyl (C=O) groups excluding carboxylic acids is 4. The topological polar surface area (TPSA) is 236 Å². The second-order valence-corrected chi connectivity index (χ2v) is 11.4. The molecule has 0 radical (unpaired) electrons. The predicted molar refractivity (Wildman–Crippen MR) is 159 cm³/mol. The van der Waals surface area contributed by atoms with Crippen LogP contribution in [-0.4, -0.2) is 109 Å². The molecular formula is C33H34O15. The molecule has 1 heterocycles. The van der Waals surface area contributed by atoms with Gasteiger partial charge in [0.05, 0.1) is 11.5 Å². The monoisotopic (exact) mass is 670 g/mol. The summed E-state index contributed by atoms with van der Waals surface area (Å²) >= 11 is 0. The van der Waals surface area contributed by atoms with Gasteiger partial charge in [-0.05, 0) is 55.3 Å². The first-order valence-corrected chi connectivity index (χ1v) is 15.0. The molecule has 6 N–H and O–H groups in total. The Hall–Kier alpha value is -4.64. The van der Waals surface area contributed by atoms with Crippen molar-refractivity contribution >= 4 is 23.7 Å². The van der Waals surface area contributed by atoms with Gasteiger partial charge < -0.3 is 54.3 Å². The van der Waals surface area contributed by atoms with Gasteiger partial charge in [-0.3, -0.25) is 9.59 Å². The van der Waals surface area contributed by atoms with E-state index in [0.29, 0.717) is 12.8 Å². The number of phenolic OH excluding ortho intramolecular Hbond substituents is 1. The van der Waals surface area contributed by atoms with E-state index in [1.54, 1.807) is 30.4 Å². The molecule has 1 saturated heterocycles. The molecule has 0 aromatic heterocycles. The summed E-state index contributed by atoms with van der Waals surface area (Å²) in [6.45, 7) is -1.30. The van der Waals surface area contributed by atoms with Crippen LogP contribution in [0.1, 0.15) is 28.8 Å². The second kappa shape index (κ2) is 14.6. The number of rotatable bonds is 10. The van der Waals surface area contributed by atoms with Gasteiger partial charge in [0.25, 0.3) is 0 Å². The van der Waals surface area contributed by atoms with Crippen molar-refractivity contribution in [1.29, 1.82) is 0 Å². The van der Waals surface area contributed by atoms with Gasteiger partial charge in [-0.15, -0.1) is 0 Å². The predicted octanol–water partition coefficient (Wildman–Crippen LogP) is -0.412. The van der Waals surface area contributed by atoms with E-state index in [2.05, 4.69) is 0 Å². The van der Waals surface area contributed by atoms with Crippen LogP contribution >= 0.6 is 0 Å². The van der Waals surface area contributed by atoms with Gasteiger partial charge in [-0.25, -0.2) is 9.59 Å². The fourth-order valence-corrected chi connectivity index (χ4v) is 5.34. The molecule has 0 bridgehead atoms. The third-order valence-electron chi connectivity index (χ3n) is 8.15. The normalized spacial score (nSPS) is 31.2. The smallest absolute Gasteiger partial charge is 0.344 e. The Labute approximate surface area is 273 Å². The van der Waals surface area contributed by atoms with Crippen LogP contribution in [0.2, 0.25) is 0 Å². The summed E-state index contributed by atoms with van der Waals surface area (Å²) < 4.78 is 27.8. The molecule has 0 saturated carbocycles. The van der Waals surface area contributed by atoms with Gasteiger partial charge in [0.15, 0.2) is 18.0 Å². The lowest BCUT2D eigenvalue weighted by atomic mass is 9.83. The fourth-order valence-electron chi connectivity index (χ4n) is 5.34. The minimum atomic E-state index is -3.03. The standard InChI is InChI=1S/C33H34O15/c34-20-10-12-22(19(14-20)15-45-32(42)33(43)24(36)13-11-21(35)28(33)39)46-31-27(48-30(41)18-8-4-5-9-18)26(38)25(37)23(47-31)16-44-29(40)17-6-2-1-3-7-17/h1-4,6-8,10-14,18,23-28,31,34,36-39,43H,5,9,15-16H2. The molecule has 9 atom stereocenters. The number of ketones is 1. The fraction of sp³-hybridized carbons (Fsp3) is 0.394. The number of aromatic hydroxyl groups is 1. The molecule has 2 aliphatic carbocycles. The van der Waals surface area contributed by atoms with Crippen LogP contribution in [0.4, 0.5) is 0 Å². The minimum Gasteiger partial charge on any atom is -0.508 e. The molecule has 3 aliphatic rings. The number of aliphatic hydroxyl groups is 5. The van der Waals surface area contributed by atoms with Gasteiger partial charge in [-0.1, -0.05) is 30.4 Å². The Morgan fingerprint density at radius 2 is 1.71 bits per heavy atom. The first-order chi connectivity index (χ1) is 22.9. The largest absolute Gasteiger partial charge is 0.508 e. The number of hydrogen-bond acceptors (Lipinski definition) is 15. The molecule has 0 amide bonds. The summed E-state index contributed by atoms with van der Waals surface area (Å²) in [5.41, 5.74) is -2.89. The summed E-state index contributed by atoms with van der Waals surface area (Å²) in [5.74, 6) is -5.20. The molecule has 15 heteroatoms. The van der Waals surface area contributed by atoms with E-state index in [4.69, 9.17) is 23.7 Å². The average molecular weight is 671 g/mol. The zero-order chi connectivity index (χ0) is 34.6. The van der Waals surface area contributed by atoms with E-state index in [1.807, 2.05) is 0 Å². The van der Waals surface area contributed by atoms with Crippen molar-refractivity contribution in [3.8, 4) is 11.5 Å². The van der Waals surface area contributed by atoms with Crippen LogP contribution in [0.25, 0.3) is 0 Å². The third kappa shape index (κ3) is 7.26. The Bertz CT molecular complexity index is 1570. The SMILES string of the molecule is O=C(OCC1OC(Oc2ccc(O)cc2COC(=O)C2(O)C(O)C=CC(=O)C2O)C(OC(=O)C2C=CCC2)C(O)C1O)c1ccccc1.